The van der Waals surface area contributed by atoms with Gasteiger partial charge in [0.2, 0.25) is 10.0 Å². The molecule has 4 rings (SSSR count). The quantitative estimate of drug-likeness (QED) is 0.377. The highest BCUT2D eigenvalue weighted by molar-refractivity contribution is 7.92. The Balaban J connectivity index is 1.60. The van der Waals surface area contributed by atoms with Crippen molar-refractivity contribution in [3.05, 3.63) is 77.1 Å². The average molecular weight is 506 g/mol. The van der Waals surface area contributed by atoms with Crippen molar-refractivity contribution in [1.82, 2.24) is 14.6 Å². The zero-order valence-corrected chi connectivity index (χ0v) is 19.3. The number of hydrogen-bond donors (Lipinski definition) is 2. The van der Waals surface area contributed by atoms with E-state index in [0.29, 0.717) is 22.8 Å². The van der Waals surface area contributed by atoms with Gasteiger partial charge in [0.05, 0.1) is 35.2 Å². The normalized spacial score (nSPS) is 11.5. The van der Waals surface area contributed by atoms with Crippen LogP contribution in [0.4, 0.5) is 20.2 Å². The Bertz CT molecular complexity index is 1490. The molecule has 0 aliphatic carbocycles. The molecule has 2 N–H and O–H groups in total. The standard InChI is InChI=1S/C22H18ClF2N5O3S/c1-2-9-34(32,33)29-17-8-7-16(24)20(21(17)25)22(31)27-15-11-26-19-10-18(28-30(19)12-15)13-3-5-14(23)6-4-13/h3-8,10-12,29H,2,9H2,1H3,(H,27,31). The third-order valence-electron chi connectivity index (χ3n) is 4.77. The number of fused-ring (bicyclic) bond motifs is 1. The van der Waals surface area contributed by atoms with Gasteiger partial charge in [0.25, 0.3) is 5.91 Å². The molecule has 4 aromatic rings. The Morgan fingerprint density at radius 3 is 2.59 bits per heavy atom. The number of aromatic nitrogens is 3. The number of carbonyl (C=O) groups is 1. The van der Waals surface area contributed by atoms with Crippen molar-refractivity contribution in [2.75, 3.05) is 15.8 Å². The van der Waals surface area contributed by atoms with Crippen molar-refractivity contribution >= 4 is 44.6 Å². The minimum atomic E-state index is -3.84. The van der Waals surface area contributed by atoms with Gasteiger partial charge in [-0.25, -0.2) is 26.7 Å². The monoisotopic (exact) mass is 505 g/mol. The maximum atomic E-state index is 14.9. The highest BCUT2D eigenvalue weighted by Crippen LogP contribution is 2.25. The molecule has 0 fully saturated rings. The highest BCUT2D eigenvalue weighted by Gasteiger charge is 2.23. The summed E-state index contributed by atoms with van der Waals surface area (Å²) in [5, 5.41) is 7.34. The molecule has 2 aromatic carbocycles. The Morgan fingerprint density at radius 2 is 1.88 bits per heavy atom. The maximum Gasteiger partial charge on any atom is 0.261 e. The van der Waals surface area contributed by atoms with Gasteiger partial charge in [-0.05, 0) is 30.7 Å². The van der Waals surface area contributed by atoms with Crippen molar-refractivity contribution in [2.45, 2.75) is 13.3 Å². The van der Waals surface area contributed by atoms with Crippen LogP contribution in [-0.4, -0.2) is 34.7 Å². The van der Waals surface area contributed by atoms with Crippen LogP contribution < -0.4 is 10.0 Å². The number of sulfonamides is 1. The molecule has 0 aliphatic rings. The van der Waals surface area contributed by atoms with Crippen LogP contribution in [0.2, 0.25) is 5.02 Å². The van der Waals surface area contributed by atoms with E-state index in [1.54, 1.807) is 37.3 Å². The summed E-state index contributed by atoms with van der Waals surface area (Å²) in [5.41, 5.74) is 0.558. The molecule has 2 heterocycles. The van der Waals surface area contributed by atoms with Crippen molar-refractivity contribution in [3.63, 3.8) is 0 Å². The van der Waals surface area contributed by atoms with Crippen LogP contribution in [0.5, 0.6) is 0 Å². The molecule has 34 heavy (non-hydrogen) atoms. The second-order valence-electron chi connectivity index (χ2n) is 7.34. The fraction of sp³-hybridized carbons (Fsp3) is 0.136. The SMILES string of the molecule is CCCS(=O)(=O)Nc1ccc(F)c(C(=O)Nc2cnc3cc(-c4ccc(Cl)cc4)nn3c2)c1F. The fourth-order valence-electron chi connectivity index (χ4n) is 3.22. The summed E-state index contributed by atoms with van der Waals surface area (Å²) in [7, 11) is -3.84. The summed E-state index contributed by atoms with van der Waals surface area (Å²) in [5.74, 6) is -3.83. The Hall–Kier alpha value is -3.57. The first-order valence-electron chi connectivity index (χ1n) is 10.1. The average Bonchev–Trinajstić information content (AvgIpc) is 3.19. The molecule has 0 spiro atoms. The van der Waals surface area contributed by atoms with Crippen molar-refractivity contribution < 1.29 is 22.0 Å². The zero-order chi connectivity index (χ0) is 24.5. The van der Waals surface area contributed by atoms with E-state index >= 15 is 0 Å². The first-order valence-corrected chi connectivity index (χ1v) is 12.1. The fourth-order valence-corrected chi connectivity index (χ4v) is 4.48. The van der Waals surface area contributed by atoms with Crippen molar-refractivity contribution in [1.29, 1.82) is 0 Å². The van der Waals surface area contributed by atoms with E-state index in [0.717, 1.165) is 17.7 Å². The molecule has 176 valence electrons. The number of carbonyl (C=O) groups excluding carboxylic acids is 1. The summed E-state index contributed by atoms with van der Waals surface area (Å²) in [4.78, 5) is 16.9. The molecule has 0 radical (unpaired) electrons. The van der Waals surface area contributed by atoms with Crippen molar-refractivity contribution in [2.24, 2.45) is 0 Å². The number of hydrogen-bond acceptors (Lipinski definition) is 5. The van der Waals surface area contributed by atoms with Gasteiger partial charge < -0.3 is 5.32 Å². The largest absolute Gasteiger partial charge is 0.319 e. The molecule has 0 unspecified atom stereocenters. The number of nitrogens with zero attached hydrogens (tertiary/aromatic N) is 3. The first kappa shape index (κ1) is 23.6. The highest BCUT2D eigenvalue weighted by atomic mass is 35.5. The molecule has 0 aliphatic heterocycles. The van der Waals surface area contributed by atoms with E-state index in [1.807, 2.05) is 4.72 Å². The van der Waals surface area contributed by atoms with Crippen LogP contribution in [0.25, 0.3) is 16.9 Å². The lowest BCUT2D eigenvalue weighted by Gasteiger charge is -2.12. The molecule has 8 nitrogen and oxygen atoms in total. The molecule has 12 heteroatoms. The molecular formula is C22H18ClF2N5O3S. The van der Waals surface area contributed by atoms with E-state index in [2.05, 4.69) is 15.4 Å². The van der Waals surface area contributed by atoms with Gasteiger partial charge in [0.1, 0.15) is 11.4 Å². The van der Waals surface area contributed by atoms with E-state index < -0.39 is 38.8 Å². The van der Waals surface area contributed by atoms with Crippen molar-refractivity contribution in [3.8, 4) is 11.3 Å². The number of amides is 1. The van der Waals surface area contributed by atoms with Crippen LogP contribution in [0.15, 0.2) is 54.9 Å². The van der Waals surface area contributed by atoms with Crippen LogP contribution in [0.3, 0.4) is 0 Å². The Kier molecular flexibility index (Phi) is 6.49. The second kappa shape index (κ2) is 9.35. The lowest BCUT2D eigenvalue weighted by molar-refractivity contribution is 0.101. The zero-order valence-electron chi connectivity index (χ0n) is 17.7. The number of benzene rings is 2. The second-order valence-corrected chi connectivity index (χ2v) is 9.62. The van der Waals surface area contributed by atoms with Crippen LogP contribution in [0, 0.1) is 11.6 Å². The molecule has 2 aromatic heterocycles. The number of anilines is 2. The predicted octanol–water partition coefficient (Wildman–Crippen LogP) is 4.73. The van der Waals surface area contributed by atoms with Gasteiger partial charge in [-0.15, -0.1) is 0 Å². The lowest BCUT2D eigenvalue weighted by Crippen LogP contribution is -2.20. The van der Waals surface area contributed by atoms with Gasteiger partial charge in [-0.3, -0.25) is 9.52 Å². The van der Waals surface area contributed by atoms with Gasteiger partial charge in [0, 0.05) is 16.7 Å². The molecule has 1 amide bonds. The van der Waals surface area contributed by atoms with E-state index in [-0.39, 0.29) is 11.4 Å². The third kappa shape index (κ3) is 5.00. The molecule has 0 bridgehead atoms. The Labute approximate surface area is 198 Å². The van der Waals surface area contributed by atoms with Gasteiger partial charge in [0.15, 0.2) is 11.5 Å². The summed E-state index contributed by atoms with van der Waals surface area (Å²) < 4.78 is 56.5. The summed E-state index contributed by atoms with van der Waals surface area (Å²) in [6, 6.07) is 10.5. The topological polar surface area (TPSA) is 105 Å². The van der Waals surface area contributed by atoms with E-state index in [9.17, 15) is 22.0 Å². The lowest BCUT2D eigenvalue weighted by atomic mass is 10.1. The van der Waals surface area contributed by atoms with Crippen LogP contribution in [-0.2, 0) is 10.0 Å². The van der Waals surface area contributed by atoms with Gasteiger partial charge in [-0.2, -0.15) is 5.10 Å². The third-order valence-corrected chi connectivity index (χ3v) is 6.50. The van der Waals surface area contributed by atoms with E-state index in [4.69, 9.17) is 11.6 Å². The van der Waals surface area contributed by atoms with E-state index in [1.165, 1.54) is 16.9 Å². The summed E-state index contributed by atoms with van der Waals surface area (Å²) in [6.07, 6.45) is 3.04. The number of nitrogens with one attached hydrogen (secondary N) is 2. The van der Waals surface area contributed by atoms with Gasteiger partial charge in [-0.1, -0.05) is 30.7 Å². The van der Waals surface area contributed by atoms with Gasteiger partial charge >= 0.3 is 0 Å². The molecule has 0 saturated heterocycles. The summed E-state index contributed by atoms with van der Waals surface area (Å²) >= 11 is 5.91. The Morgan fingerprint density at radius 1 is 1.15 bits per heavy atom. The molecular weight excluding hydrogens is 488 g/mol. The minimum absolute atomic E-state index is 0.124. The predicted molar refractivity (Wildman–Crippen MR) is 125 cm³/mol. The maximum absolute atomic E-state index is 14.9. The first-order chi connectivity index (χ1) is 16.2. The minimum Gasteiger partial charge on any atom is -0.319 e. The van der Waals surface area contributed by atoms with Crippen LogP contribution >= 0.6 is 11.6 Å². The molecule has 0 saturated carbocycles. The van der Waals surface area contributed by atoms with Crippen LogP contribution in [0.1, 0.15) is 23.7 Å². The number of rotatable bonds is 7. The number of halogens is 3. The summed E-state index contributed by atoms with van der Waals surface area (Å²) in [6.45, 7) is 1.64. The molecule has 0 atom stereocenters. The smallest absolute Gasteiger partial charge is 0.261 e.